The van der Waals surface area contributed by atoms with Gasteiger partial charge >= 0.3 is 0 Å². The fourth-order valence-electron chi connectivity index (χ4n) is 3.39. The number of aromatic nitrogens is 1. The van der Waals surface area contributed by atoms with Crippen LogP contribution in [0.4, 0.5) is 11.4 Å². The molecule has 5 nitrogen and oxygen atoms in total. The van der Waals surface area contributed by atoms with Gasteiger partial charge in [0.25, 0.3) is 0 Å². The van der Waals surface area contributed by atoms with Gasteiger partial charge < -0.3 is 9.80 Å². The highest BCUT2D eigenvalue weighted by molar-refractivity contribution is 5.72. The van der Waals surface area contributed by atoms with E-state index < -0.39 is 0 Å². The van der Waals surface area contributed by atoms with Crippen LogP contribution >= 0.6 is 0 Å². The van der Waals surface area contributed by atoms with E-state index in [1.807, 2.05) is 44.4 Å². The molecule has 1 aromatic heterocycles. The van der Waals surface area contributed by atoms with E-state index in [0.29, 0.717) is 12.8 Å². The maximum absolute atomic E-state index is 8.74. The maximum atomic E-state index is 8.74. The molecular formula is C29H29N5. The van der Waals surface area contributed by atoms with Crippen LogP contribution in [0.3, 0.4) is 0 Å². The molecule has 0 unspecified atom stereocenters. The number of hydrogen-bond acceptors (Lipinski definition) is 5. The highest BCUT2D eigenvalue weighted by Crippen LogP contribution is 2.17. The van der Waals surface area contributed by atoms with Crippen molar-refractivity contribution in [1.82, 2.24) is 4.98 Å². The zero-order chi connectivity index (χ0) is 24.2. The third kappa shape index (κ3) is 7.36. The molecule has 3 rings (SSSR count). The zero-order valence-corrected chi connectivity index (χ0v) is 19.7. The summed E-state index contributed by atoms with van der Waals surface area (Å²) in [6.45, 7) is 1.44. The summed E-state index contributed by atoms with van der Waals surface area (Å²) in [7, 11) is 3.99. The van der Waals surface area contributed by atoms with Crippen molar-refractivity contribution >= 4 is 35.7 Å². The van der Waals surface area contributed by atoms with Crippen LogP contribution in [0.1, 0.15) is 35.4 Å². The number of rotatable bonds is 10. The Kier molecular flexibility index (Phi) is 9.02. The average Bonchev–Trinajstić information content (AvgIpc) is 2.88. The molecule has 0 bridgehead atoms. The first-order valence-corrected chi connectivity index (χ1v) is 11.3. The third-order valence-corrected chi connectivity index (χ3v) is 5.47. The molecule has 0 aliphatic carbocycles. The Morgan fingerprint density at radius 3 is 1.44 bits per heavy atom. The Morgan fingerprint density at radius 2 is 1.06 bits per heavy atom. The van der Waals surface area contributed by atoms with Crippen LogP contribution in [0.25, 0.3) is 24.3 Å². The van der Waals surface area contributed by atoms with E-state index in [-0.39, 0.29) is 0 Å². The molecule has 0 N–H and O–H groups in total. The summed E-state index contributed by atoms with van der Waals surface area (Å²) < 4.78 is 0. The number of nitriles is 2. The fraction of sp³-hybridized carbons (Fsp3) is 0.207. The molecule has 0 spiro atoms. The fourth-order valence-corrected chi connectivity index (χ4v) is 3.39. The minimum Gasteiger partial charge on any atom is -0.374 e. The molecule has 0 radical (unpaired) electrons. The van der Waals surface area contributed by atoms with Crippen molar-refractivity contribution in [2.24, 2.45) is 0 Å². The van der Waals surface area contributed by atoms with E-state index in [2.05, 4.69) is 82.6 Å². The molecule has 5 heteroatoms. The van der Waals surface area contributed by atoms with E-state index in [0.717, 1.165) is 47.0 Å². The molecule has 34 heavy (non-hydrogen) atoms. The van der Waals surface area contributed by atoms with Crippen molar-refractivity contribution in [3.05, 3.63) is 89.2 Å². The van der Waals surface area contributed by atoms with Gasteiger partial charge in [0.1, 0.15) is 0 Å². The first-order chi connectivity index (χ1) is 16.6. The summed E-state index contributed by atoms with van der Waals surface area (Å²) in [6, 6.07) is 26.9. The quantitative estimate of drug-likeness (QED) is 0.374. The van der Waals surface area contributed by atoms with Crippen molar-refractivity contribution in [2.45, 2.75) is 12.8 Å². The maximum Gasteiger partial charge on any atom is 0.0640 e. The minimum absolute atomic E-state index is 0.514. The van der Waals surface area contributed by atoms with Gasteiger partial charge in [-0.25, -0.2) is 4.98 Å². The largest absolute Gasteiger partial charge is 0.374 e. The van der Waals surface area contributed by atoms with Crippen LogP contribution in [-0.4, -0.2) is 32.2 Å². The molecule has 0 saturated heterocycles. The lowest BCUT2D eigenvalue weighted by Gasteiger charge is -2.17. The lowest BCUT2D eigenvalue weighted by Crippen LogP contribution is -2.17. The van der Waals surface area contributed by atoms with Gasteiger partial charge in [-0.05, 0) is 59.7 Å². The van der Waals surface area contributed by atoms with Crippen molar-refractivity contribution in [3.8, 4) is 12.1 Å². The first-order valence-electron chi connectivity index (χ1n) is 11.3. The standard InChI is InChI=1S/C29H29N5/c1-33(22-4-20-30)28-16-10-24(11-17-28)8-14-26-6-3-7-27(32-26)15-9-25-12-18-29(19-13-25)34(2)23-5-21-31/h3,6-19H,4-5,22-23H2,1-2H3. The van der Waals surface area contributed by atoms with Crippen LogP contribution in [0.5, 0.6) is 0 Å². The molecule has 0 saturated carbocycles. The van der Waals surface area contributed by atoms with Crippen molar-refractivity contribution in [2.75, 3.05) is 37.0 Å². The van der Waals surface area contributed by atoms with Gasteiger partial charge in [-0.3, -0.25) is 0 Å². The smallest absolute Gasteiger partial charge is 0.0640 e. The minimum atomic E-state index is 0.514. The SMILES string of the molecule is CN(CCC#N)c1ccc(C=Cc2cccc(C=Cc3ccc(N(C)CCC#N)cc3)n2)cc1. The van der Waals surface area contributed by atoms with Crippen LogP contribution in [0.15, 0.2) is 66.7 Å². The van der Waals surface area contributed by atoms with E-state index in [9.17, 15) is 0 Å². The molecule has 0 fully saturated rings. The van der Waals surface area contributed by atoms with E-state index in [1.165, 1.54) is 0 Å². The normalized spacial score (nSPS) is 10.8. The predicted octanol–water partition coefficient (Wildman–Crippen LogP) is 6.12. The summed E-state index contributed by atoms with van der Waals surface area (Å²) in [6.07, 6.45) is 9.16. The highest BCUT2D eigenvalue weighted by Gasteiger charge is 2.01. The van der Waals surface area contributed by atoms with Crippen molar-refractivity contribution in [3.63, 3.8) is 0 Å². The van der Waals surface area contributed by atoms with Gasteiger partial charge in [-0.1, -0.05) is 42.5 Å². The number of benzene rings is 2. The summed E-state index contributed by atoms with van der Waals surface area (Å²) in [4.78, 5) is 8.87. The zero-order valence-electron chi connectivity index (χ0n) is 19.7. The molecule has 0 aliphatic heterocycles. The molecule has 170 valence electrons. The molecule has 3 aromatic rings. The summed E-state index contributed by atoms with van der Waals surface area (Å²) >= 11 is 0. The summed E-state index contributed by atoms with van der Waals surface area (Å²) in [5.41, 5.74) is 6.18. The lowest BCUT2D eigenvalue weighted by molar-refractivity contribution is 0.905. The molecule has 1 heterocycles. The van der Waals surface area contributed by atoms with Crippen molar-refractivity contribution < 1.29 is 0 Å². The summed E-state index contributed by atoms with van der Waals surface area (Å²) in [5, 5.41) is 17.5. The topological polar surface area (TPSA) is 67.0 Å². The van der Waals surface area contributed by atoms with Gasteiger partial charge in [-0.2, -0.15) is 10.5 Å². The van der Waals surface area contributed by atoms with Gasteiger partial charge in [0, 0.05) is 38.6 Å². The Hall–Kier alpha value is -4.35. The molecule has 0 amide bonds. The predicted molar refractivity (Wildman–Crippen MR) is 142 cm³/mol. The first kappa shape index (κ1) is 24.3. The molecule has 2 aromatic carbocycles. The molecule has 0 atom stereocenters. The number of hydrogen-bond donors (Lipinski definition) is 0. The van der Waals surface area contributed by atoms with Gasteiger partial charge in [0.2, 0.25) is 0 Å². The van der Waals surface area contributed by atoms with E-state index in [1.54, 1.807) is 0 Å². The van der Waals surface area contributed by atoms with Crippen LogP contribution in [0, 0.1) is 22.7 Å². The van der Waals surface area contributed by atoms with Gasteiger partial charge in [0.15, 0.2) is 0 Å². The Labute approximate surface area is 202 Å². The second-order valence-electron chi connectivity index (χ2n) is 8.00. The monoisotopic (exact) mass is 447 g/mol. The summed E-state index contributed by atoms with van der Waals surface area (Å²) in [5.74, 6) is 0. The Morgan fingerprint density at radius 1 is 0.647 bits per heavy atom. The van der Waals surface area contributed by atoms with E-state index in [4.69, 9.17) is 15.5 Å². The molecular weight excluding hydrogens is 418 g/mol. The third-order valence-electron chi connectivity index (χ3n) is 5.47. The van der Waals surface area contributed by atoms with Crippen LogP contribution < -0.4 is 9.80 Å². The number of pyridine rings is 1. The van der Waals surface area contributed by atoms with E-state index >= 15 is 0 Å². The van der Waals surface area contributed by atoms with Crippen LogP contribution in [0.2, 0.25) is 0 Å². The second-order valence-corrected chi connectivity index (χ2v) is 8.00. The average molecular weight is 448 g/mol. The number of nitrogens with zero attached hydrogens (tertiary/aromatic N) is 5. The van der Waals surface area contributed by atoms with Crippen LogP contribution in [-0.2, 0) is 0 Å². The molecule has 0 aliphatic rings. The second kappa shape index (κ2) is 12.6. The number of anilines is 2. The highest BCUT2D eigenvalue weighted by atomic mass is 15.1. The van der Waals surface area contributed by atoms with Gasteiger partial charge in [-0.15, -0.1) is 0 Å². The van der Waals surface area contributed by atoms with Gasteiger partial charge in [0.05, 0.1) is 36.4 Å². The van der Waals surface area contributed by atoms with Crippen molar-refractivity contribution in [1.29, 1.82) is 10.5 Å². The lowest BCUT2D eigenvalue weighted by atomic mass is 10.1. The Bertz CT molecular complexity index is 1100. The Balaban J connectivity index is 1.61.